The maximum Gasteiger partial charge on any atom is 0.377 e. The SMILES string of the molecule is CCc1cc2oc(=O)cc(COC(=O)C3=COCCO3)c2cc1Cl. The van der Waals surface area contributed by atoms with Crippen molar-refractivity contribution in [1.82, 2.24) is 0 Å². The van der Waals surface area contributed by atoms with Gasteiger partial charge >= 0.3 is 11.6 Å². The molecule has 0 fully saturated rings. The van der Waals surface area contributed by atoms with Crippen LogP contribution in [0.15, 0.2) is 39.4 Å². The highest BCUT2D eigenvalue weighted by Crippen LogP contribution is 2.26. The molecular weight excluding hydrogens is 336 g/mol. The first-order valence-electron chi connectivity index (χ1n) is 7.45. The van der Waals surface area contributed by atoms with Crippen LogP contribution in [-0.2, 0) is 32.0 Å². The second kappa shape index (κ2) is 6.97. The van der Waals surface area contributed by atoms with Crippen LogP contribution in [0.4, 0.5) is 0 Å². The summed E-state index contributed by atoms with van der Waals surface area (Å²) in [6.07, 6.45) is 1.93. The first-order chi connectivity index (χ1) is 11.6. The Kier molecular flexibility index (Phi) is 4.76. The molecule has 7 heteroatoms. The lowest BCUT2D eigenvalue weighted by Gasteiger charge is -2.14. The summed E-state index contributed by atoms with van der Waals surface area (Å²) in [5.74, 6) is -0.660. The number of aryl methyl sites for hydroxylation is 1. The van der Waals surface area contributed by atoms with Gasteiger partial charge in [0.15, 0.2) is 0 Å². The van der Waals surface area contributed by atoms with Crippen LogP contribution in [0, 0.1) is 0 Å². The van der Waals surface area contributed by atoms with E-state index in [1.54, 1.807) is 12.1 Å². The average Bonchev–Trinajstić information content (AvgIpc) is 2.60. The molecule has 1 aromatic heterocycles. The Morgan fingerprint density at radius 2 is 2.08 bits per heavy atom. The number of fused-ring (bicyclic) bond motifs is 1. The standard InChI is InChI=1S/C17H15ClO6/c1-2-10-5-14-12(7-13(10)18)11(6-16(19)24-14)8-23-17(20)15-9-21-3-4-22-15/h5-7,9H,2-4,8H2,1H3. The molecule has 3 rings (SSSR count). The molecular formula is C17H15ClO6. The number of carbonyl (C=O) groups excluding carboxylic acids is 1. The molecule has 1 aromatic carbocycles. The predicted molar refractivity (Wildman–Crippen MR) is 86.7 cm³/mol. The van der Waals surface area contributed by atoms with Gasteiger partial charge in [-0.1, -0.05) is 18.5 Å². The van der Waals surface area contributed by atoms with Crippen LogP contribution < -0.4 is 5.63 Å². The normalized spacial score (nSPS) is 13.8. The summed E-state index contributed by atoms with van der Waals surface area (Å²) in [4.78, 5) is 23.7. The van der Waals surface area contributed by atoms with E-state index in [2.05, 4.69) is 0 Å². The first-order valence-corrected chi connectivity index (χ1v) is 7.83. The minimum absolute atomic E-state index is 0.000164. The minimum Gasteiger partial charge on any atom is -0.493 e. The van der Waals surface area contributed by atoms with Gasteiger partial charge in [-0.2, -0.15) is 0 Å². The average molecular weight is 351 g/mol. The van der Waals surface area contributed by atoms with Crippen molar-refractivity contribution in [3.8, 4) is 0 Å². The lowest BCUT2D eigenvalue weighted by Crippen LogP contribution is -2.17. The lowest BCUT2D eigenvalue weighted by atomic mass is 10.1. The van der Waals surface area contributed by atoms with Crippen LogP contribution >= 0.6 is 11.6 Å². The van der Waals surface area contributed by atoms with E-state index in [-0.39, 0.29) is 19.0 Å². The quantitative estimate of drug-likeness (QED) is 0.623. The van der Waals surface area contributed by atoms with E-state index in [1.807, 2.05) is 6.92 Å². The molecule has 24 heavy (non-hydrogen) atoms. The van der Waals surface area contributed by atoms with Gasteiger partial charge in [-0.3, -0.25) is 0 Å². The molecule has 0 bridgehead atoms. The third-order valence-electron chi connectivity index (χ3n) is 3.59. The molecule has 2 heterocycles. The van der Waals surface area contributed by atoms with Gasteiger partial charge in [-0.25, -0.2) is 9.59 Å². The zero-order valence-corrected chi connectivity index (χ0v) is 13.7. The zero-order valence-electron chi connectivity index (χ0n) is 13.0. The number of hydrogen-bond donors (Lipinski definition) is 0. The fourth-order valence-corrected chi connectivity index (χ4v) is 2.67. The van der Waals surface area contributed by atoms with Crippen molar-refractivity contribution in [1.29, 1.82) is 0 Å². The van der Waals surface area contributed by atoms with Crippen LogP contribution in [0.3, 0.4) is 0 Å². The Balaban J connectivity index is 1.88. The number of esters is 1. The summed E-state index contributed by atoms with van der Waals surface area (Å²) in [7, 11) is 0. The second-order valence-corrected chi connectivity index (χ2v) is 5.57. The maximum absolute atomic E-state index is 11.9. The maximum atomic E-state index is 11.9. The Morgan fingerprint density at radius 1 is 1.25 bits per heavy atom. The predicted octanol–water partition coefficient (Wildman–Crippen LogP) is 2.94. The van der Waals surface area contributed by atoms with Gasteiger partial charge in [0.1, 0.15) is 31.7 Å². The third kappa shape index (κ3) is 3.38. The number of hydrogen-bond acceptors (Lipinski definition) is 6. The summed E-state index contributed by atoms with van der Waals surface area (Å²) in [6, 6.07) is 4.72. The van der Waals surface area contributed by atoms with Gasteiger partial charge in [-0.05, 0) is 24.1 Å². The topological polar surface area (TPSA) is 75.0 Å². The zero-order chi connectivity index (χ0) is 17.1. The van der Waals surface area contributed by atoms with Crippen molar-refractivity contribution in [3.63, 3.8) is 0 Å². The summed E-state index contributed by atoms with van der Waals surface area (Å²) >= 11 is 6.23. The van der Waals surface area contributed by atoms with Crippen molar-refractivity contribution < 1.29 is 23.4 Å². The van der Waals surface area contributed by atoms with E-state index < -0.39 is 11.6 Å². The van der Waals surface area contributed by atoms with Gasteiger partial charge in [0, 0.05) is 22.0 Å². The van der Waals surface area contributed by atoms with Crippen LogP contribution in [-0.4, -0.2) is 19.2 Å². The van der Waals surface area contributed by atoms with E-state index in [0.29, 0.717) is 34.6 Å². The third-order valence-corrected chi connectivity index (χ3v) is 3.94. The van der Waals surface area contributed by atoms with Crippen LogP contribution in [0.1, 0.15) is 18.1 Å². The molecule has 0 unspecified atom stereocenters. The van der Waals surface area contributed by atoms with Crippen molar-refractivity contribution in [2.75, 3.05) is 13.2 Å². The summed E-state index contributed by atoms with van der Waals surface area (Å²) in [6.45, 7) is 2.52. The van der Waals surface area contributed by atoms with Crippen LogP contribution in [0.25, 0.3) is 11.0 Å². The Bertz CT molecular complexity index is 867. The Morgan fingerprint density at radius 3 is 2.79 bits per heavy atom. The summed E-state index contributed by atoms with van der Waals surface area (Å²) in [5, 5.41) is 1.19. The van der Waals surface area contributed by atoms with Gasteiger partial charge in [-0.15, -0.1) is 0 Å². The molecule has 2 aromatic rings. The van der Waals surface area contributed by atoms with Crippen molar-refractivity contribution in [2.24, 2.45) is 0 Å². The number of rotatable bonds is 4. The van der Waals surface area contributed by atoms with Gasteiger partial charge < -0.3 is 18.6 Å². The number of ether oxygens (including phenoxy) is 3. The van der Waals surface area contributed by atoms with E-state index in [9.17, 15) is 9.59 Å². The molecule has 0 spiro atoms. The van der Waals surface area contributed by atoms with Crippen molar-refractivity contribution >= 4 is 28.5 Å². The molecule has 126 valence electrons. The molecule has 0 amide bonds. The summed E-state index contributed by atoms with van der Waals surface area (Å²) in [5.41, 5.74) is 1.27. The molecule has 1 aliphatic heterocycles. The van der Waals surface area contributed by atoms with Gasteiger partial charge in [0.05, 0.1) is 0 Å². The number of carbonyl (C=O) groups is 1. The highest BCUT2D eigenvalue weighted by molar-refractivity contribution is 6.32. The Hall–Kier alpha value is -2.47. The fourth-order valence-electron chi connectivity index (χ4n) is 2.37. The molecule has 0 radical (unpaired) electrons. The number of benzene rings is 1. The molecule has 0 atom stereocenters. The molecule has 1 aliphatic rings. The lowest BCUT2D eigenvalue weighted by molar-refractivity contribution is -0.145. The molecule has 0 saturated heterocycles. The van der Waals surface area contributed by atoms with Crippen LogP contribution in [0.2, 0.25) is 5.02 Å². The second-order valence-electron chi connectivity index (χ2n) is 5.16. The highest BCUT2D eigenvalue weighted by atomic mass is 35.5. The molecule has 0 saturated carbocycles. The van der Waals surface area contributed by atoms with E-state index in [1.165, 1.54) is 12.3 Å². The van der Waals surface area contributed by atoms with E-state index in [4.69, 9.17) is 30.2 Å². The van der Waals surface area contributed by atoms with Gasteiger partial charge in [0.25, 0.3) is 0 Å². The molecule has 0 aliphatic carbocycles. The fraction of sp³-hybridized carbons (Fsp3) is 0.294. The van der Waals surface area contributed by atoms with E-state index >= 15 is 0 Å². The number of halogens is 1. The summed E-state index contributed by atoms with van der Waals surface area (Å²) < 4.78 is 20.6. The van der Waals surface area contributed by atoms with Crippen molar-refractivity contribution in [3.05, 3.63) is 56.8 Å². The first kappa shape index (κ1) is 16.4. The minimum atomic E-state index is -0.660. The monoisotopic (exact) mass is 350 g/mol. The molecule has 6 nitrogen and oxygen atoms in total. The molecule has 0 N–H and O–H groups in total. The largest absolute Gasteiger partial charge is 0.493 e. The highest BCUT2D eigenvalue weighted by Gasteiger charge is 2.18. The van der Waals surface area contributed by atoms with Crippen LogP contribution in [0.5, 0.6) is 0 Å². The van der Waals surface area contributed by atoms with Gasteiger partial charge in [0.2, 0.25) is 5.76 Å². The van der Waals surface area contributed by atoms with Crippen molar-refractivity contribution in [2.45, 2.75) is 20.0 Å². The van der Waals surface area contributed by atoms with E-state index in [0.717, 1.165) is 5.56 Å². The smallest absolute Gasteiger partial charge is 0.377 e. The Labute approximate surface area is 142 Å².